The molecule has 2 aromatic rings. The Hall–Kier alpha value is -2.36. The maximum atomic E-state index is 11.8. The molecule has 1 N–H and O–H groups in total. The van der Waals surface area contributed by atoms with E-state index in [0.29, 0.717) is 0 Å². The minimum atomic E-state index is 0.0511. The second-order valence-corrected chi connectivity index (χ2v) is 5.57. The van der Waals surface area contributed by atoms with Gasteiger partial charge in [-0.3, -0.25) is 9.78 Å². The number of aromatic nitrogens is 1. The van der Waals surface area contributed by atoms with E-state index in [0.717, 1.165) is 29.2 Å². The Kier molecular flexibility index (Phi) is 3.37. The van der Waals surface area contributed by atoms with Crippen LogP contribution < -0.4 is 10.2 Å². The molecule has 0 saturated carbocycles. The summed E-state index contributed by atoms with van der Waals surface area (Å²) >= 11 is 0. The number of benzene rings is 1. The number of anilines is 2. The standard InChI is InChI=1S/C17H19N3O/c1-11-4-6-14(7-5-11)15-8-16-17(10-19-15)20(13(3)21)12(2)9-18-16/h4-8,10,12,18H,9H2,1-3H3/t12-/m0/s1. The second-order valence-electron chi connectivity index (χ2n) is 5.57. The number of fused-ring (bicyclic) bond motifs is 1. The van der Waals surface area contributed by atoms with Crippen molar-refractivity contribution in [3.63, 3.8) is 0 Å². The average Bonchev–Trinajstić information content (AvgIpc) is 2.47. The summed E-state index contributed by atoms with van der Waals surface area (Å²) in [5, 5.41) is 3.38. The Labute approximate surface area is 124 Å². The van der Waals surface area contributed by atoms with Crippen molar-refractivity contribution in [3.8, 4) is 11.3 Å². The van der Waals surface area contributed by atoms with E-state index in [9.17, 15) is 4.79 Å². The third kappa shape index (κ3) is 2.49. The van der Waals surface area contributed by atoms with E-state index in [1.807, 2.05) is 13.0 Å². The number of pyridine rings is 1. The van der Waals surface area contributed by atoms with Crippen molar-refractivity contribution in [3.05, 3.63) is 42.1 Å². The molecule has 1 aromatic carbocycles. The van der Waals surface area contributed by atoms with Crippen LogP contribution in [0.25, 0.3) is 11.3 Å². The van der Waals surface area contributed by atoms with Gasteiger partial charge in [-0.05, 0) is 19.9 Å². The van der Waals surface area contributed by atoms with Gasteiger partial charge >= 0.3 is 0 Å². The highest BCUT2D eigenvalue weighted by Crippen LogP contribution is 2.33. The predicted molar refractivity (Wildman–Crippen MR) is 85.5 cm³/mol. The van der Waals surface area contributed by atoms with Crippen LogP contribution >= 0.6 is 0 Å². The van der Waals surface area contributed by atoms with Crippen LogP contribution in [0.4, 0.5) is 11.4 Å². The lowest BCUT2D eigenvalue weighted by atomic mass is 10.1. The van der Waals surface area contributed by atoms with Crippen LogP contribution in [0.1, 0.15) is 19.4 Å². The third-order valence-electron chi connectivity index (χ3n) is 3.86. The SMILES string of the molecule is CC(=O)N1c2cnc(-c3ccc(C)cc3)cc2NC[C@@H]1C. The predicted octanol–water partition coefficient (Wildman–Crippen LogP) is 3.22. The van der Waals surface area contributed by atoms with Crippen LogP contribution in [-0.2, 0) is 4.79 Å². The lowest BCUT2D eigenvalue weighted by molar-refractivity contribution is -0.116. The zero-order valence-corrected chi connectivity index (χ0v) is 12.6. The summed E-state index contributed by atoms with van der Waals surface area (Å²) in [6.07, 6.45) is 1.79. The van der Waals surface area contributed by atoms with E-state index >= 15 is 0 Å². The molecule has 1 aliphatic rings. The second kappa shape index (κ2) is 5.20. The number of nitrogens with one attached hydrogen (secondary N) is 1. The molecule has 1 aliphatic heterocycles. The molecule has 1 amide bonds. The lowest BCUT2D eigenvalue weighted by Crippen LogP contribution is -2.44. The molecule has 0 spiro atoms. The number of rotatable bonds is 1. The number of hydrogen-bond donors (Lipinski definition) is 1. The zero-order chi connectivity index (χ0) is 15.0. The first-order valence-corrected chi connectivity index (χ1v) is 7.17. The largest absolute Gasteiger partial charge is 0.381 e. The molecule has 1 atom stereocenters. The van der Waals surface area contributed by atoms with Gasteiger partial charge in [-0.15, -0.1) is 0 Å². The van der Waals surface area contributed by atoms with Gasteiger partial charge in [0.2, 0.25) is 5.91 Å². The van der Waals surface area contributed by atoms with Crippen molar-refractivity contribution in [2.75, 3.05) is 16.8 Å². The van der Waals surface area contributed by atoms with Crippen LogP contribution in [0.15, 0.2) is 36.5 Å². The fourth-order valence-corrected chi connectivity index (χ4v) is 2.73. The quantitative estimate of drug-likeness (QED) is 0.873. The molecule has 3 rings (SSSR count). The first kappa shape index (κ1) is 13.6. The topological polar surface area (TPSA) is 45.2 Å². The first-order valence-electron chi connectivity index (χ1n) is 7.17. The molecule has 0 radical (unpaired) electrons. The molecule has 108 valence electrons. The molecule has 0 unspecified atom stereocenters. The van der Waals surface area contributed by atoms with Crippen LogP contribution in [0.5, 0.6) is 0 Å². The number of nitrogens with zero attached hydrogens (tertiary/aromatic N) is 2. The van der Waals surface area contributed by atoms with Crippen molar-refractivity contribution in [1.82, 2.24) is 4.98 Å². The Morgan fingerprint density at radius 3 is 2.71 bits per heavy atom. The van der Waals surface area contributed by atoms with Crippen LogP contribution in [-0.4, -0.2) is 23.5 Å². The Morgan fingerprint density at radius 2 is 2.05 bits per heavy atom. The normalized spacial score (nSPS) is 17.1. The van der Waals surface area contributed by atoms with Gasteiger partial charge < -0.3 is 10.2 Å². The van der Waals surface area contributed by atoms with Crippen LogP contribution in [0.2, 0.25) is 0 Å². The number of aryl methyl sites for hydroxylation is 1. The fraction of sp³-hybridized carbons (Fsp3) is 0.294. The van der Waals surface area contributed by atoms with Gasteiger partial charge in [0.15, 0.2) is 0 Å². The van der Waals surface area contributed by atoms with Gasteiger partial charge in [-0.25, -0.2) is 0 Å². The van der Waals surface area contributed by atoms with Gasteiger partial charge in [0.25, 0.3) is 0 Å². The molecular weight excluding hydrogens is 262 g/mol. The number of carbonyl (C=O) groups excluding carboxylic acids is 1. The molecule has 0 bridgehead atoms. The van der Waals surface area contributed by atoms with Gasteiger partial charge in [0, 0.05) is 19.0 Å². The monoisotopic (exact) mass is 281 g/mol. The minimum Gasteiger partial charge on any atom is -0.381 e. The molecule has 4 heteroatoms. The van der Waals surface area contributed by atoms with E-state index in [2.05, 4.69) is 41.5 Å². The van der Waals surface area contributed by atoms with Crippen molar-refractivity contribution < 1.29 is 4.79 Å². The lowest BCUT2D eigenvalue weighted by Gasteiger charge is -2.35. The third-order valence-corrected chi connectivity index (χ3v) is 3.86. The maximum Gasteiger partial charge on any atom is 0.224 e. The van der Waals surface area contributed by atoms with Gasteiger partial charge in [-0.1, -0.05) is 29.8 Å². The Morgan fingerprint density at radius 1 is 1.33 bits per heavy atom. The molecule has 0 fully saturated rings. The summed E-state index contributed by atoms with van der Waals surface area (Å²) in [6.45, 7) is 6.45. The highest BCUT2D eigenvalue weighted by atomic mass is 16.2. The summed E-state index contributed by atoms with van der Waals surface area (Å²) in [6, 6.07) is 10.4. The van der Waals surface area contributed by atoms with E-state index < -0.39 is 0 Å². The zero-order valence-electron chi connectivity index (χ0n) is 12.6. The highest BCUT2D eigenvalue weighted by molar-refractivity contribution is 5.97. The highest BCUT2D eigenvalue weighted by Gasteiger charge is 2.26. The first-order chi connectivity index (χ1) is 10.1. The van der Waals surface area contributed by atoms with Crippen molar-refractivity contribution >= 4 is 17.3 Å². The molecular formula is C17H19N3O. The van der Waals surface area contributed by atoms with E-state index in [1.165, 1.54) is 5.56 Å². The maximum absolute atomic E-state index is 11.8. The molecule has 4 nitrogen and oxygen atoms in total. The van der Waals surface area contributed by atoms with Gasteiger partial charge in [0.05, 0.1) is 29.3 Å². The number of carbonyl (C=O) groups is 1. The molecule has 2 heterocycles. The summed E-state index contributed by atoms with van der Waals surface area (Å²) in [5.41, 5.74) is 5.05. The summed E-state index contributed by atoms with van der Waals surface area (Å²) in [4.78, 5) is 18.2. The Balaban J connectivity index is 2.02. The summed E-state index contributed by atoms with van der Waals surface area (Å²) < 4.78 is 0. The number of amides is 1. The molecule has 0 saturated heterocycles. The Bertz CT molecular complexity index is 679. The summed E-state index contributed by atoms with van der Waals surface area (Å²) in [5.74, 6) is 0.0511. The van der Waals surface area contributed by atoms with Crippen molar-refractivity contribution in [1.29, 1.82) is 0 Å². The average molecular weight is 281 g/mol. The van der Waals surface area contributed by atoms with Crippen LogP contribution in [0, 0.1) is 6.92 Å². The molecule has 21 heavy (non-hydrogen) atoms. The number of hydrogen-bond acceptors (Lipinski definition) is 3. The van der Waals surface area contributed by atoms with E-state index in [4.69, 9.17) is 0 Å². The van der Waals surface area contributed by atoms with Gasteiger partial charge in [0.1, 0.15) is 0 Å². The smallest absolute Gasteiger partial charge is 0.224 e. The molecule has 0 aliphatic carbocycles. The van der Waals surface area contributed by atoms with E-state index in [1.54, 1.807) is 18.0 Å². The van der Waals surface area contributed by atoms with Gasteiger partial charge in [-0.2, -0.15) is 0 Å². The fourth-order valence-electron chi connectivity index (χ4n) is 2.73. The van der Waals surface area contributed by atoms with E-state index in [-0.39, 0.29) is 11.9 Å². The summed E-state index contributed by atoms with van der Waals surface area (Å²) in [7, 11) is 0. The molecule has 1 aromatic heterocycles. The minimum absolute atomic E-state index is 0.0511. The van der Waals surface area contributed by atoms with Crippen molar-refractivity contribution in [2.45, 2.75) is 26.8 Å². The van der Waals surface area contributed by atoms with Crippen LogP contribution in [0.3, 0.4) is 0 Å². The van der Waals surface area contributed by atoms with Crippen molar-refractivity contribution in [2.24, 2.45) is 0 Å².